The predicted octanol–water partition coefficient (Wildman–Crippen LogP) is 4.52. The minimum atomic E-state index is -0.491. The summed E-state index contributed by atoms with van der Waals surface area (Å²) in [6.45, 7) is 0. The Kier molecular flexibility index (Phi) is 7.26. The summed E-state index contributed by atoms with van der Waals surface area (Å²) in [7, 11) is 0. The number of fused-ring (bicyclic) bond motifs is 3. The number of hydrogen-bond donors (Lipinski definition) is 3. The SMILES string of the molecule is O=C1C=C(O)C(=O)c2ccccc21.O=C1C=C(O)C(=O)c2ccccc21.O=C1C=C(O)C(=O)c2ccccc21. The number of aliphatic hydroxyl groups excluding tert-OH is 3. The summed E-state index contributed by atoms with van der Waals surface area (Å²) in [4.78, 5) is 67.6. The van der Waals surface area contributed by atoms with Gasteiger partial charge in [0.25, 0.3) is 0 Å². The lowest BCUT2D eigenvalue weighted by Crippen LogP contribution is -2.16. The van der Waals surface area contributed by atoms with Crippen LogP contribution in [0.3, 0.4) is 0 Å². The molecule has 0 unspecified atom stereocenters. The number of hydrogen-bond acceptors (Lipinski definition) is 9. The van der Waals surface area contributed by atoms with E-state index in [4.69, 9.17) is 15.3 Å². The van der Waals surface area contributed by atoms with Gasteiger partial charge in [-0.2, -0.15) is 0 Å². The quantitative estimate of drug-likeness (QED) is 0.385. The van der Waals surface area contributed by atoms with Gasteiger partial charge in [0.2, 0.25) is 17.3 Å². The van der Waals surface area contributed by atoms with Gasteiger partial charge in [0.05, 0.1) is 0 Å². The average molecular weight is 522 g/mol. The smallest absolute Gasteiger partial charge is 0.228 e. The zero-order chi connectivity index (χ0) is 28.3. The first-order chi connectivity index (χ1) is 18.6. The molecular weight excluding hydrogens is 504 g/mol. The van der Waals surface area contributed by atoms with Crippen molar-refractivity contribution in [2.45, 2.75) is 0 Å². The molecule has 3 aliphatic carbocycles. The van der Waals surface area contributed by atoms with Crippen LogP contribution in [-0.4, -0.2) is 50.0 Å². The van der Waals surface area contributed by atoms with E-state index < -0.39 is 34.6 Å². The highest BCUT2D eigenvalue weighted by molar-refractivity contribution is 6.25. The Labute approximate surface area is 220 Å². The van der Waals surface area contributed by atoms with Crippen molar-refractivity contribution < 1.29 is 44.1 Å². The summed E-state index contributed by atoms with van der Waals surface area (Å²) in [5, 5.41) is 27.3. The van der Waals surface area contributed by atoms with Gasteiger partial charge in [-0.1, -0.05) is 72.8 Å². The van der Waals surface area contributed by atoms with Gasteiger partial charge < -0.3 is 15.3 Å². The van der Waals surface area contributed by atoms with Crippen LogP contribution in [0.5, 0.6) is 0 Å². The molecule has 39 heavy (non-hydrogen) atoms. The minimum Gasteiger partial charge on any atom is -0.504 e. The lowest BCUT2D eigenvalue weighted by molar-refractivity contribution is 0.0939. The van der Waals surface area contributed by atoms with E-state index in [0.717, 1.165) is 18.2 Å². The van der Waals surface area contributed by atoms with E-state index in [9.17, 15) is 28.8 Å². The maximum Gasteiger partial charge on any atom is 0.228 e. The van der Waals surface area contributed by atoms with E-state index in [2.05, 4.69) is 0 Å². The van der Waals surface area contributed by atoms with Crippen molar-refractivity contribution in [3.8, 4) is 0 Å². The molecule has 3 aromatic carbocycles. The molecule has 3 N–H and O–H groups in total. The van der Waals surface area contributed by atoms with E-state index in [1.165, 1.54) is 18.2 Å². The molecule has 0 spiro atoms. The van der Waals surface area contributed by atoms with E-state index in [-0.39, 0.29) is 34.0 Å². The van der Waals surface area contributed by atoms with E-state index in [1.54, 1.807) is 54.6 Å². The number of aliphatic hydroxyl groups is 3. The van der Waals surface area contributed by atoms with Gasteiger partial charge in [0.1, 0.15) is 0 Å². The molecule has 0 aliphatic heterocycles. The fourth-order valence-electron chi connectivity index (χ4n) is 3.90. The van der Waals surface area contributed by atoms with E-state index in [1.807, 2.05) is 0 Å². The van der Waals surface area contributed by atoms with Crippen molar-refractivity contribution >= 4 is 34.7 Å². The summed E-state index contributed by atoms with van der Waals surface area (Å²) in [5.41, 5.74) is 1.87. The Balaban J connectivity index is 0.000000136. The van der Waals surface area contributed by atoms with Gasteiger partial charge in [0.15, 0.2) is 34.6 Å². The molecule has 3 aliphatic rings. The first kappa shape index (κ1) is 26.4. The van der Waals surface area contributed by atoms with Gasteiger partial charge in [-0.25, -0.2) is 0 Å². The monoisotopic (exact) mass is 522 g/mol. The third-order valence-corrected chi connectivity index (χ3v) is 5.81. The van der Waals surface area contributed by atoms with Crippen LogP contribution in [0.1, 0.15) is 62.1 Å². The lowest BCUT2D eigenvalue weighted by atomic mass is 9.94. The van der Waals surface area contributed by atoms with Crippen LogP contribution in [0.15, 0.2) is 108 Å². The predicted molar refractivity (Wildman–Crippen MR) is 137 cm³/mol. The van der Waals surface area contributed by atoms with Gasteiger partial charge >= 0.3 is 0 Å². The van der Waals surface area contributed by atoms with Crippen LogP contribution >= 0.6 is 0 Å². The summed E-state index contributed by atoms with van der Waals surface area (Å²) in [6.07, 6.45) is 2.85. The van der Waals surface area contributed by atoms with Crippen molar-refractivity contribution in [3.63, 3.8) is 0 Å². The maximum atomic E-state index is 11.3. The maximum absolute atomic E-state index is 11.3. The fourth-order valence-corrected chi connectivity index (χ4v) is 3.90. The molecule has 0 saturated heterocycles. The van der Waals surface area contributed by atoms with Crippen LogP contribution < -0.4 is 0 Å². The molecule has 3 aromatic rings. The van der Waals surface area contributed by atoms with Crippen molar-refractivity contribution in [3.05, 3.63) is 142 Å². The van der Waals surface area contributed by atoms with E-state index in [0.29, 0.717) is 16.7 Å². The molecule has 9 heteroatoms. The van der Waals surface area contributed by atoms with Crippen molar-refractivity contribution in [1.29, 1.82) is 0 Å². The topological polar surface area (TPSA) is 163 Å². The molecule has 0 heterocycles. The van der Waals surface area contributed by atoms with Gasteiger partial charge in [-0.15, -0.1) is 0 Å². The average Bonchev–Trinajstić information content (AvgIpc) is 2.94. The Morgan fingerprint density at radius 2 is 0.538 bits per heavy atom. The summed E-state index contributed by atoms with van der Waals surface area (Å²) in [5.74, 6) is -3.90. The Morgan fingerprint density at radius 3 is 0.769 bits per heavy atom. The van der Waals surface area contributed by atoms with Gasteiger partial charge in [-0.05, 0) is 0 Å². The largest absolute Gasteiger partial charge is 0.504 e. The lowest BCUT2D eigenvalue weighted by Gasteiger charge is -2.09. The highest BCUT2D eigenvalue weighted by Crippen LogP contribution is 2.21. The first-order valence-electron chi connectivity index (χ1n) is 11.4. The fraction of sp³-hybridized carbons (Fsp3) is 0. The Hall–Kier alpha value is -5.70. The molecule has 0 bridgehead atoms. The minimum absolute atomic E-state index is 0.271. The molecule has 0 radical (unpaired) electrons. The summed E-state index contributed by atoms with van der Waals surface area (Å²) in [6, 6.07) is 19.3. The molecule has 0 amide bonds. The molecular formula is C30H18O9. The molecule has 192 valence electrons. The van der Waals surface area contributed by atoms with Crippen LogP contribution in [0, 0.1) is 0 Å². The molecule has 6 rings (SSSR count). The number of benzene rings is 3. The third-order valence-electron chi connectivity index (χ3n) is 5.81. The van der Waals surface area contributed by atoms with Crippen LogP contribution in [0.2, 0.25) is 0 Å². The zero-order valence-electron chi connectivity index (χ0n) is 20.0. The van der Waals surface area contributed by atoms with Crippen molar-refractivity contribution in [2.75, 3.05) is 0 Å². The van der Waals surface area contributed by atoms with Crippen molar-refractivity contribution in [2.24, 2.45) is 0 Å². The first-order valence-corrected chi connectivity index (χ1v) is 11.4. The number of ketones is 6. The summed E-state index contributed by atoms with van der Waals surface area (Å²) < 4.78 is 0. The number of allylic oxidation sites excluding steroid dienone is 6. The second kappa shape index (κ2) is 10.7. The molecule has 9 nitrogen and oxygen atoms in total. The zero-order valence-corrected chi connectivity index (χ0v) is 20.0. The molecule has 0 fully saturated rings. The summed E-state index contributed by atoms with van der Waals surface area (Å²) >= 11 is 0. The second-order valence-electron chi connectivity index (χ2n) is 8.31. The van der Waals surface area contributed by atoms with Crippen LogP contribution in [0.4, 0.5) is 0 Å². The molecule has 0 aromatic heterocycles. The standard InChI is InChI=1S/3C10H6O3/c3*11-8-5-9(12)10(13)7-4-2-1-3-6(7)8/h3*1-5,12H. The normalized spacial score (nSPS) is 15.2. The Morgan fingerprint density at radius 1 is 0.333 bits per heavy atom. The number of carbonyl (C=O) groups is 6. The van der Waals surface area contributed by atoms with Crippen LogP contribution in [-0.2, 0) is 0 Å². The van der Waals surface area contributed by atoms with Crippen LogP contribution in [0.25, 0.3) is 0 Å². The molecule has 0 saturated carbocycles. The van der Waals surface area contributed by atoms with Gasteiger partial charge in [0, 0.05) is 51.6 Å². The van der Waals surface area contributed by atoms with E-state index >= 15 is 0 Å². The van der Waals surface area contributed by atoms with Gasteiger partial charge in [-0.3, -0.25) is 28.8 Å². The number of Topliss-reactive ketones (excluding diaryl/α,β-unsaturated/α-hetero) is 3. The highest BCUT2D eigenvalue weighted by Gasteiger charge is 2.26. The molecule has 0 atom stereocenters. The third kappa shape index (κ3) is 5.23. The Bertz CT molecular complexity index is 1490. The second-order valence-corrected chi connectivity index (χ2v) is 8.31. The van der Waals surface area contributed by atoms with Crippen molar-refractivity contribution in [1.82, 2.24) is 0 Å². The highest BCUT2D eigenvalue weighted by atomic mass is 16.3. The number of rotatable bonds is 0. The number of carbonyl (C=O) groups excluding carboxylic acids is 6.